The van der Waals surface area contributed by atoms with Crippen LogP contribution in [0.15, 0.2) is 28.9 Å². The van der Waals surface area contributed by atoms with Gasteiger partial charge in [0.15, 0.2) is 22.9 Å². The van der Waals surface area contributed by atoms with Gasteiger partial charge in [-0.2, -0.15) is 0 Å². The molecule has 0 aliphatic rings. The molecule has 0 unspecified atom stereocenters. The van der Waals surface area contributed by atoms with Crippen LogP contribution in [0, 0.1) is 0 Å². The number of nitrogens with zero attached hydrogens (tertiary/aromatic N) is 1. The van der Waals surface area contributed by atoms with Crippen LogP contribution in [0.2, 0.25) is 10.0 Å². The minimum absolute atomic E-state index is 0.0413. The highest BCUT2D eigenvalue weighted by atomic mass is 35.5. The first-order valence-electron chi connectivity index (χ1n) is 7.10. The minimum atomic E-state index is -0.806. The standard InChI is InChI=1S/C17H12Cl2N2O4/c1-7(22)15-14(17(20)23)13-8(3-4-11(24-2)16(13)25-15)12-9(18)5-21-6-10(12)19/h3-6H,1-2H3,(H2,20,23). The van der Waals surface area contributed by atoms with E-state index in [1.807, 2.05) is 0 Å². The van der Waals surface area contributed by atoms with Crippen molar-refractivity contribution in [1.82, 2.24) is 4.98 Å². The van der Waals surface area contributed by atoms with E-state index in [2.05, 4.69) is 4.98 Å². The van der Waals surface area contributed by atoms with E-state index >= 15 is 0 Å². The number of nitrogens with two attached hydrogens (primary N) is 1. The van der Waals surface area contributed by atoms with Crippen LogP contribution in [0.25, 0.3) is 22.1 Å². The lowest BCUT2D eigenvalue weighted by molar-refractivity contribution is 0.0958. The van der Waals surface area contributed by atoms with E-state index in [9.17, 15) is 9.59 Å². The predicted molar refractivity (Wildman–Crippen MR) is 94.5 cm³/mol. The number of halogens is 2. The second-order valence-corrected chi connectivity index (χ2v) is 6.04. The lowest BCUT2D eigenvalue weighted by Gasteiger charge is -2.10. The summed E-state index contributed by atoms with van der Waals surface area (Å²) in [5.41, 5.74) is 6.61. The number of pyridine rings is 1. The minimum Gasteiger partial charge on any atom is -0.493 e. The Morgan fingerprint density at radius 1 is 1.20 bits per heavy atom. The first-order valence-corrected chi connectivity index (χ1v) is 7.86. The Labute approximate surface area is 152 Å². The van der Waals surface area contributed by atoms with Crippen molar-refractivity contribution in [3.8, 4) is 16.9 Å². The average molecular weight is 379 g/mol. The number of rotatable bonds is 4. The summed E-state index contributed by atoms with van der Waals surface area (Å²) >= 11 is 12.5. The molecule has 3 rings (SSSR count). The molecule has 0 atom stereocenters. The highest BCUT2D eigenvalue weighted by Crippen LogP contribution is 2.43. The molecule has 2 heterocycles. The molecule has 1 amide bonds. The van der Waals surface area contributed by atoms with Crippen LogP contribution in [-0.2, 0) is 0 Å². The van der Waals surface area contributed by atoms with Gasteiger partial charge in [0, 0.05) is 30.3 Å². The summed E-state index contributed by atoms with van der Waals surface area (Å²) in [6, 6.07) is 3.29. The van der Waals surface area contributed by atoms with Gasteiger partial charge in [-0.1, -0.05) is 23.2 Å². The van der Waals surface area contributed by atoms with Gasteiger partial charge >= 0.3 is 0 Å². The Kier molecular flexibility index (Phi) is 4.41. The van der Waals surface area contributed by atoms with Crippen molar-refractivity contribution in [3.63, 3.8) is 0 Å². The van der Waals surface area contributed by atoms with Crippen LogP contribution in [-0.4, -0.2) is 23.8 Å². The number of ether oxygens (including phenoxy) is 1. The van der Waals surface area contributed by atoms with E-state index in [1.54, 1.807) is 12.1 Å². The normalized spacial score (nSPS) is 10.9. The maximum Gasteiger partial charge on any atom is 0.253 e. The monoisotopic (exact) mass is 378 g/mol. The molecule has 0 fully saturated rings. The smallest absolute Gasteiger partial charge is 0.253 e. The molecule has 0 aliphatic carbocycles. The van der Waals surface area contributed by atoms with Crippen molar-refractivity contribution in [2.24, 2.45) is 5.73 Å². The fraction of sp³-hybridized carbons (Fsp3) is 0.118. The molecule has 128 valence electrons. The molecule has 0 spiro atoms. The van der Waals surface area contributed by atoms with Gasteiger partial charge in [0.1, 0.15) is 0 Å². The molecule has 0 saturated carbocycles. The zero-order valence-electron chi connectivity index (χ0n) is 13.2. The average Bonchev–Trinajstić information content (AvgIpc) is 2.96. The lowest BCUT2D eigenvalue weighted by Crippen LogP contribution is -2.14. The number of primary amides is 1. The predicted octanol–water partition coefficient (Wildman–Crippen LogP) is 4.11. The molecule has 2 N–H and O–H groups in total. The van der Waals surface area contributed by atoms with Crippen LogP contribution in [0.5, 0.6) is 5.75 Å². The summed E-state index contributed by atoms with van der Waals surface area (Å²) in [5, 5.41) is 0.868. The molecule has 0 saturated heterocycles. The Bertz CT molecular complexity index is 1010. The van der Waals surface area contributed by atoms with Crippen molar-refractivity contribution in [2.45, 2.75) is 6.92 Å². The van der Waals surface area contributed by atoms with Crippen molar-refractivity contribution in [2.75, 3.05) is 7.11 Å². The number of carbonyl (C=O) groups is 2. The Hall–Kier alpha value is -2.57. The Morgan fingerprint density at radius 3 is 2.36 bits per heavy atom. The molecule has 3 aromatic rings. The lowest BCUT2D eigenvalue weighted by atomic mass is 9.97. The maximum absolute atomic E-state index is 12.0. The maximum atomic E-state index is 12.0. The van der Waals surface area contributed by atoms with Gasteiger partial charge in [0.05, 0.1) is 22.7 Å². The molecule has 0 radical (unpaired) electrons. The van der Waals surface area contributed by atoms with Crippen molar-refractivity contribution in [1.29, 1.82) is 0 Å². The first kappa shape index (κ1) is 17.3. The summed E-state index contributed by atoms with van der Waals surface area (Å²) in [6.07, 6.45) is 2.85. The molecular formula is C17H12Cl2N2O4. The number of benzene rings is 1. The van der Waals surface area contributed by atoms with E-state index in [4.69, 9.17) is 38.1 Å². The van der Waals surface area contributed by atoms with E-state index in [0.717, 1.165) is 0 Å². The van der Waals surface area contributed by atoms with Gasteiger partial charge < -0.3 is 14.9 Å². The molecule has 25 heavy (non-hydrogen) atoms. The van der Waals surface area contributed by atoms with Crippen molar-refractivity contribution < 1.29 is 18.7 Å². The van der Waals surface area contributed by atoms with Crippen molar-refractivity contribution >= 4 is 45.9 Å². The molecule has 6 nitrogen and oxygen atoms in total. The number of hydrogen-bond acceptors (Lipinski definition) is 5. The second kappa shape index (κ2) is 6.38. The van der Waals surface area contributed by atoms with E-state index in [-0.39, 0.29) is 27.0 Å². The Balaban J connectivity index is 2.54. The number of furan rings is 1. The van der Waals surface area contributed by atoms with Crippen LogP contribution >= 0.6 is 23.2 Å². The summed E-state index contributed by atoms with van der Waals surface area (Å²) < 4.78 is 10.9. The van der Waals surface area contributed by atoms with Gasteiger partial charge in [-0.05, 0) is 17.7 Å². The molecule has 2 aromatic heterocycles. The summed E-state index contributed by atoms with van der Waals surface area (Å²) in [7, 11) is 1.45. The van der Waals surface area contributed by atoms with Crippen LogP contribution in [0.3, 0.4) is 0 Å². The van der Waals surface area contributed by atoms with Crippen LogP contribution < -0.4 is 10.5 Å². The number of hydrogen-bond donors (Lipinski definition) is 1. The van der Waals surface area contributed by atoms with Crippen LogP contribution in [0.1, 0.15) is 27.8 Å². The number of ketones is 1. The molecule has 1 aromatic carbocycles. The molecule has 0 bridgehead atoms. The Morgan fingerprint density at radius 2 is 1.84 bits per heavy atom. The fourth-order valence-corrected chi connectivity index (χ4v) is 3.27. The van der Waals surface area contributed by atoms with Crippen molar-refractivity contribution in [3.05, 3.63) is 45.9 Å². The van der Waals surface area contributed by atoms with Gasteiger partial charge in [-0.15, -0.1) is 0 Å². The highest BCUT2D eigenvalue weighted by molar-refractivity contribution is 6.39. The quantitative estimate of drug-likeness (QED) is 0.689. The second-order valence-electron chi connectivity index (χ2n) is 5.22. The largest absolute Gasteiger partial charge is 0.493 e. The first-order chi connectivity index (χ1) is 11.9. The number of methoxy groups -OCH3 is 1. The number of carbonyl (C=O) groups excluding carboxylic acids is 2. The zero-order valence-corrected chi connectivity index (χ0v) is 14.7. The number of aromatic nitrogens is 1. The summed E-state index contributed by atoms with van der Waals surface area (Å²) in [5.74, 6) is -1.05. The third-order valence-corrected chi connectivity index (χ3v) is 4.28. The van der Waals surface area contributed by atoms with E-state index in [1.165, 1.54) is 26.4 Å². The topological polar surface area (TPSA) is 95.4 Å². The third-order valence-electron chi connectivity index (χ3n) is 3.71. The highest BCUT2D eigenvalue weighted by Gasteiger charge is 2.27. The number of fused-ring (bicyclic) bond motifs is 1. The SMILES string of the molecule is COc1ccc(-c2c(Cl)cncc2Cl)c2c(C(N)=O)c(C(C)=O)oc12. The van der Waals surface area contributed by atoms with Gasteiger partial charge in [0.2, 0.25) is 0 Å². The number of amides is 1. The summed E-state index contributed by atoms with van der Waals surface area (Å²) in [4.78, 5) is 27.9. The van der Waals surface area contributed by atoms with E-state index < -0.39 is 11.7 Å². The summed E-state index contributed by atoms with van der Waals surface area (Å²) in [6.45, 7) is 1.28. The third kappa shape index (κ3) is 2.73. The number of Topliss-reactive ketones (excluding diaryl/α,β-unsaturated/α-hetero) is 1. The zero-order chi connectivity index (χ0) is 18.3. The fourth-order valence-electron chi connectivity index (χ4n) is 2.70. The van der Waals surface area contributed by atoms with Gasteiger partial charge in [0.25, 0.3) is 5.91 Å². The van der Waals surface area contributed by atoms with Gasteiger partial charge in [-0.3, -0.25) is 14.6 Å². The van der Waals surface area contributed by atoms with E-state index in [0.29, 0.717) is 22.3 Å². The van der Waals surface area contributed by atoms with Gasteiger partial charge in [-0.25, -0.2) is 0 Å². The molecule has 0 aliphatic heterocycles. The molecular weight excluding hydrogens is 367 g/mol. The molecule has 8 heteroatoms. The van der Waals surface area contributed by atoms with Crippen LogP contribution in [0.4, 0.5) is 0 Å².